The highest BCUT2D eigenvalue weighted by Crippen LogP contribution is 2.37. The van der Waals surface area contributed by atoms with E-state index < -0.39 is 8.32 Å². The molecule has 35 heavy (non-hydrogen) atoms. The molecule has 0 N–H and O–H groups in total. The molecule has 0 saturated carbocycles. The van der Waals surface area contributed by atoms with Crippen LogP contribution in [0.15, 0.2) is 77.4 Å². The first kappa shape index (κ1) is 25.8. The quantitative estimate of drug-likeness (QED) is 0.303. The fraction of sp³-hybridized carbons (Fsp3) is 0.357. The van der Waals surface area contributed by atoms with Gasteiger partial charge in [0.25, 0.3) is 14.2 Å². The molecule has 0 spiro atoms. The third-order valence-electron chi connectivity index (χ3n) is 6.60. The highest BCUT2D eigenvalue weighted by atomic mass is 79.9. The van der Waals surface area contributed by atoms with Crippen LogP contribution in [0.4, 0.5) is 5.82 Å². The number of amides is 1. The Balaban J connectivity index is 1.74. The SMILES string of the molecule is CC[C@H]1COCC(=O)N1c1cc(CO[Si](c2ccccc2)(c2ccccc2)C(C)(C)C)cc(Br)n1. The van der Waals surface area contributed by atoms with E-state index in [1.54, 1.807) is 4.90 Å². The van der Waals surface area contributed by atoms with Gasteiger partial charge in [0.2, 0.25) is 0 Å². The van der Waals surface area contributed by atoms with E-state index in [1.165, 1.54) is 10.4 Å². The van der Waals surface area contributed by atoms with E-state index in [9.17, 15) is 4.79 Å². The molecule has 1 aliphatic rings. The predicted octanol–water partition coefficient (Wildman–Crippen LogP) is 5.06. The van der Waals surface area contributed by atoms with Crippen molar-refractivity contribution in [2.45, 2.75) is 51.8 Å². The van der Waals surface area contributed by atoms with E-state index >= 15 is 0 Å². The van der Waals surface area contributed by atoms with Crippen molar-refractivity contribution in [2.75, 3.05) is 18.1 Å². The predicted molar refractivity (Wildman–Crippen MR) is 147 cm³/mol. The number of aromatic nitrogens is 1. The second-order valence-electron chi connectivity index (χ2n) is 9.95. The van der Waals surface area contributed by atoms with Crippen molar-refractivity contribution < 1.29 is 14.0 Å². The first-order valence-electron chi connectivity index (χ1n) is 12.1. The van der Waals surface area contributed by atoms with Gasteiger partial charge in [0, 0.05) is 0 Å². The van der Waals surface area contributed by atoms with Gasteiger partial charge in [0.1, 0.15) is 17.0 Å². The molecule has 5 nitrogen and oxygen atoms in total. The summed E-state index contributed by atoms with van der Waals surface area (Å²) in [6.07, 6.45) is 0.799. The van der Waals surface area contributed by atoms with Gasteiger partial charge in [-0.1, -0.05) is 88.4 Å². The van der Waals surface area contributed by atoms with Crippen LogP contribution in [0.5, 0.6) is 0 Å². The topological polar surface area (TPSA) is 51.7 Å². The van der Waals surface area contributed by atoms with Crippen LogP contribution in [0, 0.1) is 0 Å². The Morgan fingerprint density at radius 3 is 2.20 bits per heavy atom. The van der Waals surface area contributed by atoms with Crippen LogP contribution in [0.25, 0.3) is 0 Å². The summed E-state index contributed by atoms with van der Waals surface area (Å²) in [6.45, 7) is 9.88. The molecule has 2 aromatic carbocycles. The Bertz CT molecular complexity index is 1110. The molecule has 1 saturated heterocycles. The lowest BCUT2D eigenvalue weighted by Gasteiger charge is -2.43. The molecule has 184 valence electrons. The van der Waals surface area contributed by atoms with E-state index in [2.05, 4.69) is 97.1 Å². The summed E-state index contributed by atoms with van der Waals surface area (Å²) >= 11 is 3.57. The van der Waals surface area contributed by atoms with Crippen molar-refractivity contribution in [3.63, 3.8) is 0 Å². The number of ether oxygens (including phenoxy) is 1. The highest BCUT2D eigenvalue weighted by molar-refractivity contribution is 9.10. The molecule has 0 unspecified atom stereocenters. The minimum absolute atomic E-state index is 0.0245. The average Bonchev–Trinajstić information content (AvgIpc) is 2.84. The van der Waals surface area contributed by atoms with Gasteiger partial charge in [-0.15, -0.1) is 0 Å². The largest absolute Gasteiger partial charge is 0.403 e. The van der Waals surface area contributed by atoms with E-state index in [0.717, 1.165) is 12.0 Å². The number of halogens is 1. The normalized spacial score (nSPS) is 17.0. The fourth-order valence-corrected chi connectivity index (χ4v) is 9.95. The van der Waals surface area contributed by atoms with Crippen molar-refractivity contribution in [2.24, 2.45) is 0 Å². The number of carbonyl (C=O) groups is 1. The van der Waals surface area contributed by atoms with Gasteiger partial charge in [0.05, 0.1) is 19.3 Å². The van der Waals surface area contributed by atoms with Crippen LogP contribution in [0.3, 0.4) is 0 Å². The Morgan fingerprint density at radius 2 is 1.66 bits per heavy atom. The third kappa shape index (κ3) is 5.28. The van der Waals surface area contributed by atoms with E-state index in [1.807, 2.05) is 24.3 Å². The monoisotopic (exact) mass is 552 g/mol. The second-order valence-corrected chi connectivity index (χ2v) is 15.1. The zero-order valence-electron chi connectivity index (χ0n) is 20.8. The van der Waals surface area contributed by atoms with E-state index in [0.29, 0.717) is 23.6 Å². The molecule has 1 amide bonds. The van der Waals surface area contributed by atoms with Gasteiger partial charge < -0.3 is 9.16 Å². The molecule has 4 rings (SSSR count). The molecule has 3 aromatic rings. The molecular formula is C28H33BrN2O3Si. The molecule has 2 heterocycles. The summed E-state index contributed by atoms with van der Waals surface area (Å²) < 4.78 is 13.3. The number of rotatable bonds is 7. The Kier molecular flexibility index (Phi) is 7.91. The molecule has 1 fully saturated rings. The van der Waals surface area contributed by atoms with Crippen LogP contribution >= 0.6 is 15.9 Å². The first-order valence-corrected chi connectivity index (χ1v) is 14.8. The lowest BCUT2D eigenvalue weighted by Crippen LogP contribution is -2.66. The third-order valence-corrected chi connectivity index (χ3v) is 12.0. The minimum atomic E-state index is -2.68. The molecule has 0 radical (unpaired) electrons. The number of hydrogen-bond acceptors (Lipinski definition) is 4. The molecule has 0 bridgehead atoms. The number of nitrogens with zero attached hydrogens (tertiary/aromatic N) is 2. The fourth-order valence-electron chi connectivity index (χ4n) is 4.94. The van der Waals surface area contributed by atoms with Gasteiger partial charge in [-0.3, -0.25) is 9.69 Å². The van der Waals surface area contributed by atoms with E-state index in [-0.39, 0.29) is 23.6 Å². The highest BCUT2D eigenvalue weighted by Gasteiger charge is 2.50. The van der Waals surface area contributed by atoms with Crippen LogP contribution in [0.2, 0.25) is 5.04 Å². The first-order chi connectivity index (χ1) is 16.8. The van der Waals surface area contributed by atoms with Crippen LogP contribution in [0.1, 0.15) is 39.7 Å². The standard InChI is InChI=1S/C28H33BrN2O3Si/c1-5-22-19-33-20-27(32)31(22)26-17-21(16-25(29)30-26)18-34-35(28(2,3)4,23-12-8-6-9-13-23)24-14-10-7-11-15-24/h6-17,22H,5,18-20H2,1-4H3/t22-/m0/s1. The molecular weight excluding hydrogens is 520 g/mol. The summed E-state index contributed by atoms with van der Waals surface area (Å²) in [5.74, 6) is 0.577. The average molecular weight is 554 g/mol. The maximum Gasteiger partial charge on any atom is 0.261 e. The number of carbonyl (C=O) groups excluding carboxylic acids is 1. The van der Waals surface area contributed by atoms with Crippen molar-refractivity contribution in [1.82, 2.24) is 4.98 Å². The number of hydrogen-bond donors (Lipinski definition) is 0. The summed E-state index contributed by atoms with van der Waals surface area (Å²) in [6, 6.07) is 25.1. The van der Waals surface area contributed by atoms with Crippen LogP contribution in [-0.2, 0) is 20.6 Å². The Morgan fingerprint density at radius 1 is 1.06 bits per heavy atom. The Hall–Kier alpha value is -2.32. The molecule has 1 atom stereocenters. The molecule has 0 aliphatic carbocycles. The summed E-state index contributed by atoms with van der Waals surface area (Å²) in [5, 5.41) is 2.36. The van der Waals surface area contributed by atoms with E-state index in [4.69, 9.17) is 9.16 Å². The zero-order valence-corrected chi connectivity index (χ0v) is 23.4. The number of benzene rings is 2. The van der Waals surface area contributed by atoms with Gasteiger partial charge in [-0.25, -0.2) is 4.98 Å². The Labute approximate surface area is 217 Å². The summed E-state index contributed by atoms with van der Waals surface area (Å²) in [7, 11) is -2.68. The zero-order chi connectivity index (χ0) is 25.1. The number of pyridine rings is 1. The van der Waals surface area contributed by atoms with Gasteiger partial charge >= 0.3 is 0 Å². The van der Waals surface area contributed by atoms with Gasteiger partial charge in [-0.2, -0.15) is 0 Å². The van der Waals surface area contributed by atoms with Crippen molar-refractivity contribution >= 4 is 46.3 Å². The van der Waals surface area contributed by atoms with Crippen molar-refractivity contribution in [3.05, 3.63) is 83.0 Å². The smallest absolute Gasteiger partial charge is 0.261 e. The van der Waals surface area contributed by atoms with Crippen LogP contribution in [-0.4, -0.2) is 38.5 Å². The summed E-state index contributed by atoms with van der Waals surface area (Å²) in [5.41, 5.74) is 0.976. The lowest BCUT2D eigenvalue weighted by atomic mass is 10.1. The summed E-state index contributed by atoms with van der Waals surface area (Å²) in [4.78, 5) is 19.1. The van der Waals surface area contributed by atoms with Gasteiger partial charge in [0.15, 0.2) is 0 Å². The van der Waals surface area contributed by atoms with Crippen molar-refractivity contribution in [1.29, 1.82) is 0 Å². The second kappa shape index (κ2) is 10.7. The van der Waals surface area contributed by atoms with Crippen molar-refractivity contribution in [3.8, 4) is 0 Å². The molecule has 1 aromatic heterocycles. The van der Waals surface area contributed by atoms with Crippen LogP contribution < -0.4 is 15.3 Å². The molecule has 7 heteroatoms. The molecule has 1 aliphatic heterocycles. The minimum Gasteiger partial charge on any atom is -0.403 e. The lowest BCUT2D eigenvalue weighted by molar-refractivity contribution is -0.127. The maximum atomic E-state index is 12.7. The number of anilines is 1. The maximum absolute atomic E-state index is 12.7. The number of morpholine rings is 1. The van der Waals surface area contributed by atoms with Gasteiger partial charge in [-0.05, 0) is 55.5 Å².